The quantitative estimate of drug-likeness (QED) is 0.348. The van der Waals surface area contributed by atoms with Gasteiger partial charge in [-0.1, -0.05) is 35.6 Å². The lowest BCUT2D eigenvalue weighted by Gasteiger charge is -2.25. The van der Waals surface area contributed by atoms with Crippen LogP contribution in [0.3, 0.4) is 0 Å². The van der Waals surface area contributed by atoms with Gasteiger partial charge < -0.3 is 4.74 Å². The van der Waals surface area contributed by atoms with Crippen molar-refractivity contribution < 1.29 is 17.9 Å². The number of ether oxygens (including phenoxy) is 1. The molecule has 1 amide bonds. The van der Waals surface area contributed by atoms with Gasteiger partial charge in [0.15, 0.2) is 0 Å². The van der Waals surface area contributed by atoms with Gasteiger partial charge in [0.25, 0.3) is 5.91 Å². The van der Waals surface area contributed by atoms with Crippen LogP contribution in [-0.4, -0.2) is 37.9 Å². The second kappa shape index (κ2) is 10.5. The molecule has 0 aliphatic heterocycles. The van der Waals surface area contributed by atoms with Crippen molar-refractivity contribution in [1.82, 2.24) is 10.2 Å². The highest BCUT2D eigenvalue weighted by molar-refractivity contribution is 7.92. The molecule has 0 saturated carbocycles. The lowest BCUT2D eigenvalue weighted by molar-refractivity contribution is 0.102. The molecule has 36 heavy (non-hydrogen) atoms. The van der Waals surface area contributed by atoms with E-state index in [-0.39, 0.29) is 12.5 Å². The summed E-state index contributed by atoms with van der Waals surface area (Å²) in [6.07, 6.45) is 1.19. The minimum Gasteiger partial charge on any atom is -0.497 e. The van der Waals surface area contributed by atoms with Crippen LogP contribution in [0.1, 0.15) is 27.0 Å². The summed E-state index contributed by atoms with van der Waals surface area (Å²) in [5, 5.41) is 12.0. The van der Waals surface area contributed by atoms with Gasteiger partial charge in [0, 0.05) is 11.1 Å². The molecule has 0 spiro atoms. The van der Waals surface area contributed by atoms with Crippen molar-refractivity contribution in [3.63, 3.8) is 0 Å². The normalized spacial score (nSPS) is 11.2. The lowest BCUT2D eigenvalue weighted by Crippen LogP contribution is -2.30. The van der Waals surface area contributed by atoms with Gasteiger partial charge >= 0.3 is 0 Å². The van der Waals surface area contributed by atoms with Crippen molar-refractivity contribution in [3.8, 4) is 16.3 Å². The number of aryl methyl sites for hydroxylation is 2. The number of hydrogen-bond donors (Lipinski definition) is 1. The molecule has 1 aromatic heterocycles. The molecular formula is C26H26N4O4S2. The summed E-state index contributed by atoms with van der Waals surface area (Å²) in [6, 6.07) is 20.0. The molecule has 186 valence electrons. The highest BCUT2D eigenvalue weighted by atomic mass is 32.2. The number of benzene rings is 3. The van der Waals surface area contributed by atoms with Crippen LogP contribution in [0.2, 0.25) is 0 Å². The fraction of sp³-hybridized carbons (Fsp3) is 0.192. The Bertz CT molecular complexity index is 1480. The van der Waals surface area contributed by atoms with Crippen LogP contribution >= 0.6 is 11.3 Å². The van der Waals surface area contributed by atoms with Crippen LogP contribution in [0.15, 0.2) is 66.7 Å². The van der Waals surface area contributed by atoms with Crippen LogP contribution in [0.5, 0.6) is 5.75 Å². The first-order valence-corrected chi connectivity index (χ1v) is 13.7. The first-order valence-electron chi connectivity index (χ1n) is 11.1. The molecule has 1 heterocycles. The maximum absolute atomic E-state index is 12.7. The van der Waals surface area contributed by atoms with Crippen molar-refractivity contribution in [3.05, 3.63) is 89.0 Å². The molecule has 3 aromatic carbocycles. The van der Waals surface area contributed by atoms with E-state index < -0.39 is 10.0 Å². The molecule has 0 bridgehead atoms. The van der Waals surface area contributed by atoms with E-state index in [9.17, 15) is 13.2 Å². The van der Waals surface area contributed by atoms with Crippen molar-refractivity contribution in [1.29, 1.82) is 0 Å². The number of carbonyl (C=O) groups excluding carboxylic acids is 1. The maximum Gasteiger partial charge on any atom is 0.257 e. The lowest BCUT2D eigenvalue weighted by atomic mass is 10.1. The number of carbonyl (C=O) groups is 1. The highest BCUT2D eigenvalue weighted by Crippen LogP contribution is 2.29. The van der Waals surface area contributed by atoms with Gasteiger partial charge in [0.1, 0.15) is 10.8 Å². The van der Waals surface area contributed by atoms with Gasteiger partial charge in [0.2, 0.25) is 15.2 Å². The molecule has 8 nitrogen and oxygen atoms in total. The molecule has 0 saturated heterocycles. The minimum atomic E-state index is -3.51. The number of sulfonamides is 1. The van der Waals surface area contributed by atoms with Crippen LogP contribution in [0.4, 0.5) is 10.8 Å². The largest absolute Gasteiger partial charge is 0.497 e. The Morgan fingerprint density at radius 1 is 1.00 bits per heavy atom. The molecular weight excluding hydrogens is 496 g/mol. The summed E-state index contributed by atoms with van der Waals surface area (Å²) in [5.74, 6) is 0.419. The predicted octanol–water partition coefficient (Wildman–Crippen LogP) is 5.05. The van der Waals surface area contributed by atoms with Crippen molar-refractivity contribution in [2.24, 2.45) is 0 Å². The molecule has 10 heteroatoms. The van der Waals surface area contributed by atoms with Gasteiger partial charge in [0.05, 0.1) is 25.6 Å². The third kappa shape index (κ3) is 5.89. The summed E-state index contributed by atoms with van der Waals surface area (Å²) in [6.45, 7) is 3.97. The highest BCUT2D eigenvalue weighted by Gasteiger charge is 2.20. The minimum absolute atomic E-state index is 0.159. The fourth-order valence-corrected chi connectivity index (χ4v) is 5.27. The van der Waals surface area contributed by atoms with Crippen LogP contribution in [-0.2, 0) is 16.6 Å². The molecule has 0 aliphatic carbocycles. The first-order chi connectivity index (χ1) is 17.1. The number of nitrogens with zero attached hydrogens (tertiary/aromatic N) is 3. The van der Waals surface area contributed by atoms with E-state index in [0.717, 1.165) is 28.0 Å². The SMILES string of the molecule is COc1ccc(-c2nnc(NC(=O)c3ccc(CN(c4cc(C)ccc4C)S(C)(=O)=O)cc3)s2)cc1. The van der Waals surface area contributed by atoms with E-state index in [1.54, 1.807) is 31.4 Å². The number of anilines is 2. The number of nitrogens with one attached hydrogen (secondary N) is 1. The summed E-state index contributed by atoms with van der Waals surface area (Å²) < 4.78 is 31.7. The molecule has 4 rings (SSSR count). The Labute approximate surface area is 214 Å². The molecule has 0 aliphatic rings. The third-order valence-electron chi connectivity index (χ3n) is 5.56. The Kier molecular flexibility index (Phi) is 7.37. The maximum atomic E-state index is 12.7. The van der Waals surface area contributed by atoms with Gasteiger partial charge in [-0.2, -0.15) is 0 Å². The van der Waals surface area contributed by atoms with E-state index in [1.807, 2.05) is 56.3 Å². The number of methoxy groups -OCH3 is 1. The zero-order chi connectivity index (χ0) is 25.9. The molecule has 0 atom stereocenters. The standard InChI is InChI=1S/C26H26N4O4S2/c1-17-5-6-18(2)23(15-17)30(36(4,32)33)16-19-7-9-20(10-8-19)24(31)27-26-29-28-25(35-26)21-11-13-22(34-3)14-12-21/h5-15H,16H2,1-4H3,(H,27,29,31). The van der Waals surface area contributed by atoms with Crippen LogP contribution < -0.4 is 14.4 Å². The number of hydrogen-bond acceptors (Lipinski definition) is 7. The molecule has 0 fully saturated rings. The zero-order valence-electron chi connectivity index (χ0n) is 20.3. The van der Waals surface area contributed by atoms with E-state index in [1.165, 1.54) is 21.9 Å². The summed E-state index contributed by atoms with van der Waals surface area (Å²) >= 11 is 1.27. The number of amides is 1. The monoisotopic (exact) mass is 522 g/mol. The second-order valence-electron chi connectivity index (χ2n) is 8.35. The van der Waals surface area contributed by atoms with Crippen molar-refractivity contribution in [2.75, 3.05) is 23.0 Å². The molecule has 1 N–H and O–H groups in total. The Hall–Kier alpha value is -3.76. The Morgan fingerprint density at radius 3 is 2.33 bits per heavy atom. The Balaban J connectivity index is 1.46. The summed E-state index contributed by atoms with van der Waals surface area (Å²) in [5.41, 5.74) is 4.55. The Morgan fingerprint density at radius 2 is 1.69 bits per heavy atom. The topological polar surface area (TPSA) is 101 Å². The smallest absolute Gasteiger partial charge is 0.257 e. The number of aromatic nitrogens is 2. The number of rotatable bonds is 8. The van der Waals surface area contributed by atoms with Gasteiger partial charge in [-0.05, 0) is 73.0 Å². The second-order valence-corrected chi connectivity index (χ2v) is 11.2. The fourth-order valence-electron chi connectivity index (χ4n) is 3.59. The summed E-state index contributed by atoms with van der Waals surface area (Å²) in [4.78, 5) is 12.7. The van der Waals surface area contributed by atoms with Gasteiger partial charge in [-0.25, -0.2) is 8.42 Å². The zero-order valence-corrected chi connectivity index (χ0v) is 22.0. The van der Waals surface area contributed by atoms with Crippen LogP contribution in [0, 0.1) is 13.8 Å². The van der Waals surface area contributed by atoms with E-state index in [2.05, 4.69) is 15.5 Å². The van der Waals surface area contributed by atoms with Crippen molar-refractivity contribution >= 4 is 38.1 Å². The summed E-state index contributed by atoms with van der Waals surface area (Å²) in [7, 11) is -1.91. The molecule has 4 aromatic rings. The average Bonchev–Trinajstić information content (AvgIpc) is 3.32. The predicted molar refractivity (Wildman–Crippen MR) is 143 cm³/mol. The van der Waals surface area contributed by atoms with Crippen molar-refractivity contribution in [2.45, 2.75) is 20.4 Å². The average molecular weight is 523 g/mol. The van der Waals surface area contributed by atoms with Crippen LogP contribution in [0.25, 0.3) is 10.6 Å². The van der Waals surface area contributed by atoms with E-state index >= 15 is 0 Å². The van der Waals surface area contributed by atoms with E-state index in [4.69, 9.17) is 4.74 Å². The van der Waals surface area contributed by atoms with Gasteiger partial charge in [-0.15, -0.1) is 10.2 Å². The van der Waals surface area contributed by atoms with Gasteiger partial charge in [-0.3, -0.25) is 14.4 Å². The molecule has 0 radical (unpaired) electrons. The first kappa shape index (κ1) is 25.3. The molecule has 0 unspecified atom stereocenters. The van der Waals surface area contributed by atoms with E-state index in [0.29, 0.717) is 21.4 Å². The third-order valence-corrected chi connectivity index (χ3v) is 7.57.